The summed E-state index contributed by atoms with van der Waals surface area (Å²) in [4.78, 5) is 2.38. The molecule has 0 saturated heterocycles. The van der Waals surface area contributed by atoms with Gasteiger partial charge in [0, 0.05) is 18.6 Å². The first kappa shape index (κ1) is 14.9. The number of nitrogens with zero attached hydrogens (tertiary/aromatic N) is 1. The third-order valence-electron chi connectivity index (χ3n) is 3.45. The van der Waals surface area contributed by atoms with Crippen LogP contribution in [-0.2, 0) is 0 Å². The molecule has 0 radical (unpaired) electrons. The molecule has 92 valence electrons. The summed E-state index contributed by atoms with van der Waals surface area (Å²) in [7, 11) is 0. The van der Waals surface area contributed by atoms with E-state index in [1.54, 1.807) is 0 Å². The quantitative estimate of drug-likeness (QED) is 0.642. The Bertz CT molecular complexity index is 158. The summed E-state index contributed by atoms with van der Waals surface area (Å²) in [5.74, 6) is 0.444. The average molecular weight is 216 g/mol. The molecular weight excluding hydrogens is 188 g/mol. The van der Waals surface area contributed by atoms with Crippen LogP contribution < -0.4 is 5.32 Å². The second-order valence-electron chi connectivity index (χ2n) is 4.68. The number of hydrogen-bond acceptors (Lipinski definition) is 3. The van der Waals surface area contributed by atoms with Crippen LogP contribution >= 0.6 is 0 Å². The Labute approximate surface area is 94.9 Å². The number of aliphatic hydroxyl groups excluding tert-OH is 1. The van der Waals surface area contributed by atoms with Crippen LogP contribution in [0.3, 0.4) is 0 Å². The molecule has 0 heterocycles. The van der Waals surface area contributed by atoms with Crippen LogP contribution in [0, 0.1) is 5.92 Å². The van der Waals surface area contributed by atoms with Crippen molar-refractivity contribution >= 4 is 0 Å². The molecule has 1 unspecified atom stereocenters. The zero-order valence-corrected chi connectivity index (χ0v) is 11.0. The fourth-order valence-corrected chi connectivity index (χ4v) is 1.48. The van der Waals surface area contributed by atoms with Crippen LogP contribution in [0.2, 0.25) is 0 Å². The van der Waals surface area contributed by atoms with Gasteiger partial charge >= 0.3 is 0 Å². The van der Waals surface area contributed by atoms with Crippen LogP contribution in [0.15, 0.2) is 0 Å². The van der Waals surface area contributed by atoms with E-state index in [4.69, 9.17) is 0 Å². The average Bonchev–Trinajstić information content (AvgIpc) is 2.23. The lowest BCUT2D eigenvalue weighted by Gasteiger charge is -2.34. The van der Waals surface area contributed by atoms with Gasteiger partial charge in [0.05, 0.1) is 6.61 Å². The molecule has 0 spiro atoms. The van der Waals surface area contributed by atoms with Crippen molar-refractivity contribution in [3.05, 3.63) is 0 Å². The van der Waals surface area contributed by atoms with Crippen molar-refractivity contribution in [2.24, 2.45) is 5.92 Å². The lowest BCUT2D eigenvalue weighted by atomic mass is 9.89. The van der Waals surface area contributed by atoms with E-state index in [1.165, 1.54) is 0 Å². The van der Waals surface area contributed by atoms with E-state index < -0.39 is 0 Å². The lowest BCUT2D eigenvalue weighted by molar-refractivity contribution is 0.129. The second-order valence-corrected chi connectivity index (χ2v) is 4.68. The van der Waals surface area contributed by atoms with Gasteiger partial charge in [0.25, 0.3) is 0 Å². The highest BCUT2D eigenvalue weighted by Gasteiger charge is 2.26. The molecule has 0 aromatic rings. The van der Waals surface area contributed by atoms with Crippen molar-refractivity contribution in [2.75, 3.05) is 32.8 Å². The molecular formula is C12H28N2O. The molecule has 0 rings (SSSR count). The SMILES string of the molecule is CCN(CC)CCNC(C)(CO)C(C)C. The minimum atomic E-state index is -0.146. The van der Waals surface area contributed by atoms with E-state index >= 15 is 0 Å². The Hall–Kier alpha value is -0.120. The molecule has 0 aliphatic rings. The summed E-state index contributed by atoms with van der Waals surface area (Å²) in [5.41, 5.74) is -0.146. The highest BCUT2D eigenvalue weighted by molar-refractivity contribution is 4.85. The Morgan fingerprint density at radius 3 is 2.13 bits per heavy atom. The first-order valence-electron chi connectivity index (χ1n) is 6.08. The van der Waals surface area contributed by atoms with Gasteiger partial charge < -0.3 is 15.3 Å². The number of nitrogens with one attached hydrogen (secondary N) is 1. The first-order chi connectivity index (χ1) is 7.00. The summed E-state index contributed by atoms with van der Waals surface area (Å²) >= 11 is 0. The summed E-state index contributed by atoms with van der Waals surface area (Å²) in [5, 5.41) is 12.8. The minimum absolute atomic E-state index is 0.146. The van der Waals surface area contributed by atoms with Crippen LogP contribution in [0.25, 0.3) is 0 Å². The van der Waals surface area contributed by atoms with Crippen molar-refractivity contribution in [2.45, 2.75) is 40.2 Å². The Balaban J connectivity index is 3.91. The third kappa shape index (κ3) is 4.96. The van der Waals surface area contributed by atoms with Crippen molar-refractivity contribution in [3.8, 4) is 0 Å². The highest BCUT2D eigenvalue weighted by atomic mass is 16.3. The van der Waals surface area contributed by atoms with E-state index in [1.807, 2.05) is 0 Å². The monoisotopic (exact) mass is 216 g/mol. The molecule has 0 aliphatic carbocycles. The van der Waals surface area contributed by atoms with Gasteiger partial charge in [-0.05, 0) is 25.9 Å². The molecule has 0 saturated carbocycles. The molecule has 0 bridgehead atoms. The third-order valence-corrected chi connectivity index (χ3v) is 3.45. The molecule has 0 aromatic heterocycles. The Morgan fingerprint density at radius 2 is 1.80 bits per heavy atom. The summed E-state index contributed by atoms with van der Waals surface area (Å²) < 4.78 is 0. The van der Waals surface area contributed by atoms with Crippen molar-refractivity contribution < 1.29 is 5.11 Å². The van der Waals surface area contributed by atoms with Crippen molar-refractivity contribution in [3.63, 3.8) is 0 Å². The molecule has 0 aliphatic heterocycles. The largest absolute Gasteiger partial charge is 0.394 e. The van der Waals surface area contributed by atoms with Crippen molar-refractivity contribution in [1.82, 2.24) is 10.2 Å². The lowest BCUT2D eigenvalue weighted by Crippen LogP contribution is -2.52. The van der Waals surface area contributed by atoms with Gasteiger partial charge in [0.2, 0.25) is 0 Å². The number of hydrogen-bond donors (Lipinski definition) is 2. The van der Waals surface area contributed by atoms with Crippen LogP contribution in [-0.4, -0.2) is 48.3 Å². The van der Waals surface area contributed by atoms with E-state index in [2.05, 4.69) is 44.8 Å². The molecule has 0 fully saturated rings. The summed E-state index contributed by atoms with van der Waals surface area (Å²) in [6.07, 6.45) is 0. The van der Waals surface area contributed by atoms with Gasteiger partial charge in [0.15, 0.2) is 0 Å². The standard InChI is InChI=1S/C12H28N2O/c1-6-14(7-2)9-8-13-12(5,10-15)11(3)4/h11,13,15H,6-10H2,1-5H3. The van der Waals surface area contributed by atoms with Gasteiger partial charge in [-0.25, -0.2) is 0 Å². The number of likely N-dealkylation sites (N-methyl/N-ethyl adjacent to an activating group) is 1. The smallest absolute Gasteiger partial charge is 0.0613 e. The maximum atomic E-state index is 9.36. The molecule has 1 atom stereocenters. The first-order valence-corrected chi connectivity index (χ1v) is 6.08. The number of aliphatic hydroxyl groups is 1. The Kier molecular flexibility index (Phi) is 7.14. The van der Waals surface area contributed by atoms with E-state index in [-0.39, 0.29) is 12.1 Å². The van der Waals surface area contributed by atoms with Crippen molar-refractivity contribution in [1.29, 1.82) is 0 Å². The van der Waals surface area contributed by atoms with E-state index in [9.17, 15) is 5.11 Å². The predicted octanol–water partition coefficient (Wildman–Crippen LogP) is 1.32. The minimum Gasteiger partial charge on any atom is -0.394 e. The Morgan fingerprint density at radius 1 is 1.27 bits per heavy atom. The van der Waals surface area contributed by atoms with Gasteiger partial charge in [0.1, 0.15) is 0 Å². The van der Waals surface area contributed by atoms with Crippen LogP contribution in [0.5, 0.6) is 0 Å². The molecule has 2 N–H and O–H groups in total. The molecule has 15 heavy (non-hydrogen) atoms. The van der Waals surface area contributed by atoms with Gasteiger partial charge in [-0.3, -0.25) is 0 Å². The fraction of sp³-hybridized carbons (Fsp3) is 1.00. The molecule has 3 nitrogen and oxygen atoms in total. The van der Waals surface area contributed by atoms with E-state index in [0.717, 1.165) is 26.2 Å². The molecule has 0 amide bonds. The predicted molar refractivity (Wildman–Crippen MR) is 66.1 cm³/mol. The van der Waals surface area contributed by atoms with Gasteiger partial charge in [-0.15, -0.1) is 0 Å². The van der Waals surface area contributed by atoms with Gasteiger partial charge in [-0.1, -0.05) is 27.7 Å². The number of rotatable bonds is 8. The maximum Gasteiger partial charge on any atom is 0.0613 e. The van der Waals surface area contributed by atoms with Gasteiger partial charge in [-0.2, -0.15) is 0 Å². The zero-order chi connectivity index (χ0) is 11.9. The topological polar surface area (TPSA) is 35.5 Å². The maximum absolute atomic E-state index is 9.36. The van der Waals surface area contributed by atoms with Crippen LogP contribution in [0.1, 0.15) is 34.6 Å². The van der Waals surface area contributed by atoms with E-state index in [0.29, 0.717) is 5.92 Å². The highest BCUT2D eigenvalue weighted by Crippen LogP contribution is 2.14. The summed E-state index contributed by atoms with van der Waals surface area (Å²) in [6.45, 7) is 15.1. The normalized spacial score (nSPS) is 16.0. The summed E-state index contributed by atoms with van der Waals surface area (Å²) in [6, 6.07) is 0. The molecule has 0 aromatic carbocycles. The fourth-order valence-electron chi connectivity index (χ4n) is 1.48. The second kappa shape index (κ2) is 7.20. The van der Waals surface area contributed by atoms with Crippen LogP contribution in [0.4, 0.5) is 0 Å². The zero-order valence-electron chi connectivity index (χ0n) is 11.0. The molecule has 3 heteroatoms.